The summed E-state index contributed by atoms with van der Waals surface area (Å²) in [5.41, 5.74) is 0.272. The van der Waals surface area contributed by atoms with Crippen molar-refractivity contribution in [3.8, 4) is 0 Å². The van der Waals surface area contributed by atoms with Gasteiger partial charge in [-0.05, 0) is 23.9 Å². The molecule has 0 aliphatic heterocycles. The van der Waals surface area contributed by atoms with E-state index in [0.717, 1.165) is 4.57 Å². The Kier molecular flexibility index (Phi) is 5.01. The standard InChI is InChI=1S/C17H15Cl2N7O2S/c1-23-8-20-22-16(23)29-15-21-13-12(14(27)25(3)17(28)24(13)2)26(15)7-9-10(18)5-4-6-11(9)19/h4-6,8H,7H2,1-3H3. The summed E-state index contributed by atoms with van der Waals surface area (Å²) in [5.74, 6) is 0. The van der Waals surface area contributed by atoms with E-state index in [0.29, 0.717) is 25.9 Å². The van der Waals surface area contributed by atoms with E-state index in [9.17, 15) is 9.59 Å². The van der Waals surface area contributed by atoms with Crippen LogP contribution < -0.4 is 11.2 Å². The van der Waals surface area contributed by atoms with Crippen LogP contribution in [0.2, 0.25) is 10.0 Å². The van der Waals surface area contributed by atoms with Gasteiger partial charge in [-0.3, -0.25) is 13.9 Å². The highest BCUT2D eigenvalue weighted by molar-refractivity contribution is 7.99. The summed E-state index contributed by atoms with van der Waals surface area (Å²) in [5, 5.41) is 9.91. The fourth-order valence-corrected chi connectivity index (χ4v) is 4.30. The van der Waals surface area contributed by atoms with Gasteiger partial charge in [0.15, 0.2) is 21.5 Å². The molecule has 3 aromatic heterocycles. The highest BCUT2D eigenvalue weighted by atomic mass is 35.5. The van der Waals surface area contributed by atoms with Crippen LogP contribution in [-0.4, -0.2) is 33.4 Å². The molecule has 0 atom stereocenters. The van der Waals surface area contributed by atoms with Crippen molar-refractivity contribution in [2.75, 3.05) is 0 Å². The molecule has 0 bridgehead atoms. The lowest BCUT2D eigenvalue weighted by Crippen LogP contribution is -2.37. The van der Waals surface area contributed by atoms with Crippen LogP contribution in [0.25, 0.3) is 11.2 Å². The van der Waals surface area contributed by atoms with Gasteiger partial charge in [-0.25, -0.2) is 9.78 Å². The Morgan fingerprint density at radius 2 is 1.72 bits per heavy atom. The predicted molar refractivity (Wildman–Crippen MR) is 111 cm³/mol. The van der Waals surface area contributed by atoms with Crippen molar-refractivity contribution >= 4 is 46.1 Å². The molecule has 0 fully saturated rings. The molecule has 0 N–H and O–H groups in total. The fourth-order valence-electron chi connectivity index (χ4n) is 2.94. The average molecular weight is 452 g/mol. The summed E-state index contributed by atoms with van der Waals surface area (Å²) in [6.07, 6.45) is 1.56. The van der Waals surface area contributed by atoms with Crippen LogP contribution in [-0.2, 0) is 27.7 Å². The van der Waals surface area contributed by atoms with Crippen LogP contribution in [0.15, 0.2) is 44.4 Å². The highest BCUT2D eigenvalue weighted by Gasteiger charge is 2.22. The van der Waals surface area contributed by atoms with E-state index < -0.39 is 11.2 Å². The maximum Gasteiger partial charge on any atom is 0.332 e. The van der Waals surface area contributed by atoms with Gasteiger partial charge in [-0.15, -0.1) is 10.2 Å². The summed E-state index contributed by atoms with van der Waals surface area (Å²) in [4.78, 5) is 29.9. The van der Waals surface area contributed by atoms with Gasteiger partial charge >= 0.3 is 5.69 Å². The average Bonchev–Trinajstić information content (AvgIpc) is 3.25. The smallest absolute Gasteiger partial charge is 0.311 e. The molecule has 0 amide bonds. The summed E-state index contributed by atoms with van der Waals surface area (Å²) < 4.78 is 5.81. The van der Waals surface area contributed by atoms with Crippen molar-refractivity contribution in [1.29, 1.82) is 0 Å². The zero-order valence-electron chi connectivity index (χ0n) is 15.6. The third-order valence-corrected chi connectivity index (χ3v) is 6.30. The quantitative estimate of drug-likeness (QED) is 0.471. The number of aryl methyl sites for hydroxylation is 2. The highest BCUT2D eigenvalue weighted by Crippen LogP contribution is 2.31. The van der Waals surface area contributed by atoms with Gasteiger partial charge < -0.3 is 9.13 Å². The molecule has 0 saturated carbocycles. The minimum Gasteiger partial charge on any atom is -0.311 e. The van der Waals surface area contributed by atoms with Gasteiger partial charge in [0.05, 0.1) is 6.54 Å². The lowest BCUT2D eigenvalue weighted by molar-refractivity contribution is 0.695. The lowest BCUT2D eigenvalue weighted by atomic mass is 10.2. The van der Waals surface area contributed by atoms with Crippen LogP contribution in [0, 0.1) is 0 Å². The van der Waals surface area contributed by atoms with Crippen LogP contribution >= 0.6 is 35.0 Å². The molecule has 1 aromatic carbocycles. The first-order valence-corrected chi connectivity index (χ1v) is 9.97. The summed E-state index contributed by atoms with van der Waals surface area (Å²) in [7, 11) is 4.80. The molecule has 0 spiro atoms. The van der Waals surface area contributed by atoms with Gasteiger partial charge in [-0.2, -0.15) is 0 Å². The monoisotopic (exact) mass is 451 g/mol. The number of rotatable bonds is 4. The molecule has 0 aliphatic rings. The van der Waals surface area contributed by atoms with Crippen LogP contribution in [0.4, 0.5) is 0 Å². The van der Waals surface area contributed by atoms with Crippen LogP contribution in [0.1, 0.15) is 5.56 Å². The molecule has 9 nitrogen and oxygen atoms in total. The van der Waals surface area contributed by atoms with E-state index in [1.807, 2.05) is 0 Å². The molecular weight excluding hydrogens is 437 g/mol. The maximum atomic E-state index is 12.9. The zero-order chi connectivity index (χ0) is 20.9. The van der Waals surface area contributed by atoms with E-state index >= 15 is 0 Å². The Morgan fingerprint density at radius 3 is 2.34 bits per heavy atom. The second kappa shape index (κ2) is 7.36. The summed E-state index contributed by atoms with van der Waals surface area (Å²) in [6, 6.07) is 5.20. The Morgan fingerprint density at radius 1 is 1.03 bits per heavy atom. The maximum absolute atomic E-state index is 12.9. The van der Waals surface area contributed by atoms with E-state index in [1.165, 1.54) is 23.4 Å². The first kappa shape index (κ1) is 19.7. The fraction of sp³-hybridized carbons (Fsp3) is 0.235. The number of nitrogens with zero attached hydrogens (tertiary/aromatic N) is 7. The van der Waals surface area contributed by atoms with Gasteiger partial charge in [0.1, 0.15) is 6.33 Å². The van der Waals surface area contributed by atoms with E-state index in [2.05, 4.69) is 15.2 Å². The zero-order valence-corrected chi connectivity index (χ0v) is 18.0. The molecular formula is C17H15Cl2N7O2S. The summed E-state index contributed by atoms with van der Waals surface area (Å²) in [6.45, 7) is 0.197. The Labute approximate surface area is 178 Å². The largest absolute Gasteiger partial charge is 0.332 e. The SMILES string of the molecule is Cn1cnnc1Sc1nc2c(c(=O)n(C)c(=O)n2C)n1Cc1c(Cl)cccc1Cl. The molecule has 4 aromatic rings. The second-order valence-electron chi connectivity index (χ2n) is 6.39. The molecule has 3 heterocycles. The molecule has 29 heavy (non-hydrogen) atoms. The first-order valence-electron chi connectivity index (χ1n) is 8.40. The Bertz CT molecular complexity index is 1350. The molecule has 0 aliphatic carbocycles. The molecule has 150 valence electrons. The van der Waals surface area contributed by atoms with E-state index in [1.54, 1.807) is 47.8 Å². The lowest BCUT2D eigenvalue weighted by Gasteiger charge is -2.12. The van der Waals surface area contributed by atoms with Crippen molar-refractivity contribution < 1.29 is 0 Å². The van der Waals surface area contributed by atoms with Crippen LogP contribution in [0.5, 0.6) is 0 Å². The van der Waals surface area contributed by atoms with Gasteiger partial charge in [0, 0.05) is 36.8 Å². The van der Waals surface area contributed by atoms with Crippen molar-refractivity contribution in [3.63, 3.8) is 0 Å². The number of halogens is 2. The molecule has 12 heteroatoms. The van der Waals surface area contributed by atoms with Crippen molar-refractivity contribution in [2.24, 2.45) is 21.1 Å². The molecule has 0 unspecified atom stereocenters. The topological polar surface area (TPSA) is 92.5 Å². The Balaban J connectivity index is 2.01. The van der Waals surface area contributed by atoms with E-state index in [-0.39, 0.29) is 17.7 Å². The van der Waals surface area contributed by atoms with Crippen molar-refractivity contribution in [1.82, 2.24) is 33.4 Å². The van der Waals surface area contributed by atoms with Gasteiger partial charge in [-0.1, -0.05) is 29.3 Å². The van der Waals surface area contributed by atoms with Crippen molar-refractivity contribution in [2.45, 2.75) is 16.9 Å². The summed E-state index contributed by atoms with van der Waals surface area (Å²) >= 11 is 13.9. The number of hydrogen-bond acceptors (Lipinski definition) is 6. The van der Waals surface area contributed by atoms with E-state index in [4.69, 9.17) is 23.2 Å². The molecule has 0 radical (unpaired) electrons. The normalized spacial score (nSPS) is 11.5. The minimum absolute atomic E-state index is 0.197. The predicted octanol–water partition coefficient (Wildman–Crippen LogP) is 2.07. The number of fused-ring (bicyclic) bond motifs is 1. The minimum atomic E-state index is -0.460. The number of benzene rings is 1. The third kappa shape index (κ3) is 3.26. The number of hydrogen-bond donors (Lipinski definition) is 0. The first-order chi connectivity index (χ1) is 13.8. The number of imidazole rings is 1. The van der Waals surface area contributed by atoms with Crippen LogP contribution in [0.3, 0.4) is 0 Å². The number of aromatic nitrogens is 7. The third-order valence-electron chi connectivity index (χ3n) is 4.54. The Hall–Kier alpha value is -2.56. The second-order valence-corrected chi connectivity index (χ2v) is 8.13. The van der Waals surface area contributed by atoms with Gasteiger partial charge in [0.25, 0.3) is 5.56 Å². The van der Waals surface area contributed by atoms with Crippen molar-refractivity contribution in [3.05, 3.63) is 61.0 Å². The molecule has 4 rings (SSSR count). The van der Waals surface area contributed by atoms with Gasteiger partial charge in [0.2, 0.25) is 0 Å². The molecule has 0 saturated heterocycles.